The van der Waals surface area contributed by atoms with Crippen LogP contribution in [0.15, 0.2) is 37.1 Å². The molecule has 0 amide bonds. The predicted octanol–water partition coefficient (Wildman–Crippen LogP) is 6.26. The van der Waals surface area contributed by atoms with Gasteiger partial charge in [-0.2, -0.15) is 0 Å². The first-order valence-corrected chi connectivity index (χ1v) is 11.5. The number of carboxylic acids is 1. The number of nitrogens with zero attached hydrogens (tertiary/aromatic N) is 1. The fourth-order valence-corrected chi connectivity index (χ4v) is 3.29. The van der Waals surface area contributed by atoms with Gasteiger partial charge in [0.05, 0.1) is 6.61 Å². The molecule has 1 N–H and O–H groups in total. The Morgan fingerprint density at radius 3 is 2.13 bits per heavy atom. The molecule has 0 bridgehead atoms. The molecule has 0 spiro atoms. The maximum absolute atomic E-state index is 11.1. The smallest absolute Gasteiger partial charge is 0.333 e. The van der Waals surface area contributed by atoms with Crippen LogP contribution in [0.2, 0.25) is 0 Å². The van der Waals surface area contributed by atoms with Gasteiger partial charge in [0.2, 0.25) is 0 Å². The molecule has 0 aliphatic carbocycles. The van der Waals surface area contributed by atoms with Gasteiger partial charge in [0, 0.05) is 30.4 Å². The van der Waals surface area contributed by atoms with Crippen molar-refractivity contribution < 1.29 is 19.4 Å². The lowest BCUT2D eigenvalue weighted by Gasteiger charge is -2.18. The molecule has 0 radical (unpaired) electrons. The number of carboxylic acid groups (broad SMARTS) is 1. The number of aliphatic carboxylic acids is 1. The minimum atomic E-state index is -0.898. The van der Waals surface area contributed by atoms with Crippen LogP contribution in [0.25, 0.3) is 0 Å². The van der Waals surface area contributed by atoms with Crippen LogP contribution in [-0.2, 0) is 14.3 Å². The first-order chi connectivity index (χ1) is 14.4. The van der Waals surface area contributed by atoms with Gasteiger partial charge in [-0.05, 0) is 26.2 Å². The van der Waals surface area contributed by atoms with Gasteiger partial charge in [-0.3, -0.25) is 0 Å². The quantitative estimate of drug-likeness (QED) is 0.146. The number of rotatable bonds is 15. The molecule has 1 rings (SSSR count). The molecular formula is C25H43NO4. The van der Waals surface area contributed by atoms with E-state index in [9.17, 15) is 9.59 Å². The van der Waals surface area contributed by atoms with Crippen LogP contribution < -0.4 is 0 Å². The summed E-state index contributed by atoms with van der Waals surface area (Å²) in [6.45, 7) is 12.7. The minimum absolute atomic E-state index is 0.258. The monoisotopic (exact) mass is 421 g/mol. The number of ether oxygens (including phenoxy) is 1. The maximum Gasteiger partial charge on any atom is 0.333 e. The Hall–Kier alpha value is -2.04. The molecule has 0 aromatic rings. The second kappa shape index (κ2) is 19.0. The lowest BCUT2D eigenvalue weighted by atomic mass is 10.1. The van der Waals surface area contributed by atoms with Gasteiger partial charge in [0.1, 0.15) is 0 Å². The molecule has 172 valence electrons. The van der Waals surface area contributed by atoms with Gasteiger partial charge in [-0.15, -0.1) is 6.58 Å². The second-order valence-corrected chi connectivity index (χ2v) is 7.94. The average Bonchev–Trinajstić information content (AvgIpc) is 3.18. The van der Waals surface area contributed by atoms with E-state index in [-0.39, 0.29) is 5.97 Å². The Morgan fingerprint density at radius 1 is 1.07 bits per heavy atom. The van der Waals surface area contributed by atoms with Crippen LogP contribution in [0.4, 0.5) is 0 Å². The Labute approximate surface area is 183 Å². The Bertz CT molecular complexity index is 527. The molecule has 5 nitrogen and oxygen atoms in total. The molecule has 1 heterocycles. The predicted molar refractivity (Wildman–Crippen MR) is 124 cm³/mol. The molecule has 1 aliphatic rings. The van der Waals surface area contributed by atoms with Crippen LogP contribution in [0, 0.1) is 0 Å². The highest BCUT2D eigenvalue weighted by molar-refractivity contribution is 5.86. The highest BCUT2D eigenvalue weighted by Gasteiger charge is 2.17. The molecule has 0 saturated carbocycles. The fraction of sp³-hybridized carbons (Fsp3) is 0.680. The molecule has 1 unspecified atom stereocenters. The van der Waals surface area contributed by atoms with Gasteiger partial charge >= 0.3 is 11.9 Å². The van der Waals surface area contributed by atoms with Gasteiger partial charge < -0.3 is 14.7 Å². The van der Waals surface area contributed by atoms with Gasteiger partial charge in [0.25, 0.3) is 0 Å². The van der Waals surface area contributed by atoms with Crippen molar-refractivity contribution >= 4 is 11.9 Å². The summed E-state index contributed by atoms with van der Waals surface area (Å²) in [7, 11) is 0. The number of carbonyl (C=O) groups is 2. The van der Waals surface area contributed by atoms with E-state index in [4.69, 9.17) is 9.84 Å². The summed E-state index contributed by atoms with van der Waals surface area (Å²) in [4.78, 5) is 23.3. The van der Waals surface area contributed by atoms with Crippen molar-refractivity contribution in [3.05, 3.63) is 37.1 Å². The lowest BCUT2D eigenvalue weighted by molar-refractivity contribution is -0.139. The maximum atomic E-state index is 11.1. The third-order valence-electron chi connectivity index (χ3n) is 5.10. The van der Waals surface area contributed by atoms with Crippen molar-refractivity contribution in [1.82, 2.24) is 4.90 Å². The molecule has 0 aromatic carbocycles. The Kier molecular flexibility index (Phi) is 17.7. The van der Waals surface area contributed by atoms with E-state index in [1.807, 2.05) is 11.0 Å². The van der Waals surface area contributed by atoms with Crippen molar-refractivity contribution in [2.45, 2.75) is 96.9 Å². The standard InChI is InChI=1S/C16H30O2.C9H13NO2/c1-4-5-6-7-8-9-10-11-12-13-14-18-16(17)15(2)3;1-2-8-4-3-6-10(8)7-5-9(11)12/h2,4-14H2,1,3H3;2,5,7-8H,1,3-4,6H2,(H,11,12). The third-order valence-corrected chi connectivity index (χ3v) is 5.10. The normalized spacial score (nSPS) is 15.5. The van der Waals surface area contributed by atoms with E-state index in [0.29, 0.717) is 18.2 Å². The average molecular weight is 422 g/mol. The topological polar surface area (TPSA) is 66.8 Å². The molecule has 1 saturated heterocycles. The number of hydrogen-bond donors (Lipinski definition) is 1. The summed E-state index contributed by atoms with van der Waals surface area (Å²) in [5.41, 5.74) is 0.488. The van der Waals surface area contributed by atoms with Crippen molar-refractivity contribution in [2.24, 2.45) is 0 Å². The molecule has 5 heteroatoms. The number of unbranched alkanes of at least 4 members (excludes halogenated alkanes) is 9. The SMILES string of the molecule is C=C(C)C(=O)OCCCCCCCCCCCC.C=CC1CCCN1C=CC(=O)O. The fourth-order valence-electron chi connectivity index (χ4n) is 3.29. The summed E-state index contributed by atoms with van der Waals surface area (Å²) in [5.74, 6) is -1.16. The van der Waals surface area contributed by atoms with Crippen molar-refractivity contribution in [2.75, 3.05) is 13.2 Å². The van der Waals surface area contributed by atoms with Crippen LogP contribution >= 0.6 is 0 Å². The largest absolute Gasteiger partial charge is 0.478 e. The summed E-state index contributed by atoms with van der Waals surface area (Å²) in [5, 5.41) is 8.39. The van der Waals surface area contributed by atoms with Crippen LogP contribution in [-0.4, -0.2) is 41.1 Å². The van der Waals surface area contributed by atoms with Gasteiger partial charge in [-0.25, -0.2) is 9.59 Å². The Morgan fingerprint density at radius 2 is 1.63 bits per heavy atom. The third kappa shape index (κ3) is 15.8. The first kappa shape index (κ1) is 28.0. The summed E-state index contributed by atoms with van der Waals surface area (Å²) in [6, 6.07) is 0.320. The summed E-state index contributed by atoms with van der Waals surface area (Å²) >= 11 is 0. The van der Waals surface area contributed by atoms with Crippen molar-refractivity contribution in [3.8, 4) is 0 Å². The zero-order chi connectivity index (χ0) is 22.6. The van der Waals surface area contributed by atoms with Gasteiger partial charge in [0.15, 0.2) is 0 Å². The lowest BCUT2D eigenvalue weighted by Crippen LogP contribution is -2.21. The Balaban J connectivity index is 0.000000604. The zero-order valence-corrected chi connectivity index (χ0v) is 19.2. The second-order valence-electron chi connectivity index (χ2n) is 7.94. The molecule has 30 heavy (non-hydrogen) atoms. The molecule has 1 fully saturated rings. The minimum Gasteiger partial charge on any atom is -0.478 e. The molecule has 0 aromatic heterocycles. The number of carbonyl (C=O) groups excluding carboxylic acids is 1. The van der Waals surface area contributed by atoms with E-state index in [0.717, 1.165) is 25.8 Å². The zero-order valence-electron chi connectivity index (χ0n) is 19.2. The molecular weight excluding hydrogens is 378 g/mol. The molecule has 1 aliphatic heterocycles. The first-order valence-electron chi connectivity index (χ1n) is 11.5. The molecule has 1 atom stereocenters. The van der Waals surface area contributed by atoms with E-state index in [2.05, 4.69) is 20.1 Å². The van der Waals surface area contributed by atoms with Crippen LogP contribution in [0.5, 0.6) is 0 Å². The van der Waals surface area contributed by atoms with Crippen molar-refractivity contribution in [1.29, 1.82) is 0 Å². The van der Waals surface area contributed by atoms with E-state index >= 15 is 0 Å². The highest BCUT2D eigenvalue weighted by atomic mass is 16.5. The van der Waals surface area contributed by atoms with E-state index in [1.54, 1.807) is 13.1 Å². The van der Waals surface area contributed by atoms with Crippen LogP contribution in [0.1, 0.15) is 90.9 Å². The van der Waals surface area contributed by atoms with Crippen LogP contribution in [0.3, 0.4) is 0 Å². The number of esters is 1. The number of likely N-dealkylation sites (tertiary alicyclic amines) is 1. The number of hydrogen-bond acceptors (Lipinski definition) is 4. The summed E-state index contributed by atoms with van der Waals surface area (Å²) < 4.78 is 5.04. The van der Waals surface area contributed by atoms with E-state index < -0.39 is 5.97 Å². The highest BCUT2D eigenvalue weighted by Crippen LogP contribution is 2.17. The van der Waals surface area contributed by atoms with Gasteiger partial charge in [-0.1, -0.05) is 77.4 Å². The summed E-state index contributed by atoms with van der Waals surface area (Å²) in [6.07, 6.45) is 19.8. The van der Waals surface area contributed by atoms with Crippen molar-refractivity contribution in [3.63, 3.8) is 0 Å². The van der Waals surface area contributed by atoms with E-state index in [1.165, 1.54) is 63.9 Å².